The van der Waals surface area contributed by atoms with E-state index in [1.165, 1.54) is 6.08 Å². The molecular formula is C12H17F3N2. The maximum absolute atomic E-state index is 12.5. The van der Waals surface area contributed by atoms with E-state index in [2.05, 4.69) is 0 Å². The zero-order valence-corrected chi connectivity index (χ0v) is 10.0. The standard InChI is InChI=1S/C12H17F3N2/c1-17(2)5-3-4-9-6-10(12(13,14)15)8-11(16)7-9/h4,6,8H,3,5,7,16H2,1-2H3. The van der Waals surface area contributed by atoms with Gasteiger partial charge in [-0.25, -0.2) is 0 Å². The smallest absolute Gasteiger partial charge is 0.402 e. The fraction of sp³-hybridized carbons (Fsp3) is 0.500. The Morgan fingerprint density at radius 3 is 2.53 bits per heavy atom. The summed E-state index contributed by atoms with van der Waals surface area (Å²) < 4.78 is 37.6. The van der Waals surface area contributed by atoms with Crippen LogP contribution in [0, 0.1) is 0 Å². The third-order valence-electron chi connectivity index (χ3n) is 2.40. The molecule has 1 aliphatic carbocycles. The molecule has 1 rings (SSSR count). The van der Waals surface area contributed by atoms with Crippen LogP contribution in [0.2, 0.25) is 0 Å². The summed E-state index contributed by atoms with van der Waals surface area (Å²) in [6, 6.07) is 0. The Morgan fingerprint density at radius 2 is 2.00 bits per heavy atom. The molecule has 96 valence electrons. The molecule has 5 heteroatoms. The maximum Gasteiger partial charge on any atom is 0.416 e. The first kappa shape index (κ1) is 13.8. The highest BCUT2D eigenvalue weighted by atomic mass is 19.4. The van der Waals surface area contributed by atoms with Crippen molar-refractivity contribution in [2.45, 2.75) is 19.0 Å². The Balaban J connectivity index is 2.77. The lowest BCUT2D eigenvalue weighted by molar-refractivity contribution is -0.0884. The van der Waals surface area contributed by atoms with Crippen molar-refractivity contribution in [1.29, 1.82) is 0 Å². The molecule has 0 spiro atoms. The average molecular weight is 246 g/mol. The second-order valence-electron chi connectivity index (χ2n) is 4.36. The fourth-order valence-corrected chi connectivity index (χ4v) is 1.58. The van der Waals surface area contributed by atoms with Crippen LogP contribution in [0.1, 0.15) is 12.8 Å². The van der Waals surface area contributed by atoms with Gasteiger partial charge in [0.2, 0.25) is 0 Å². The van der Waals surface area contributed by atoms with Gasteiger partial charge in [-0.15, -0.1) is 0 Å². The topological polar surface area (TPSA) is 29.3 Å². The van der Waals surface area contributed by atoms with E-state index in [-0.39, 0.29) is 5.70 Å². The minimum Gasteiger partial charge on any atom is -0.402 e. The Bertz CT molecular complexity index is 362. The largest absolute Gasteiger partial charge is 0.416 e. The van der Waals surface area contributed by atoms with Crippen LogP contribution < -0.4 is 5.73 Å². The molecule has 0 bridgehead atoms. The van der Waals surface area contributed by atoms with Gasteiger partial charge in [0.05, 0.1) is 5.57 Å². The van der Waals surface area contributed by atoms with Gasteiger partial charge in [-0.2, -0.15) is 13.2 Å². The molecule has 0 aromatic heterocycles. The third-order valence-corrected chi connectivity index (χ3v) is 2.40. The van der Waals surface area contributed by atoms with Gasteiger partial charge in [-0.05, 0) is 38.2 Å². The summed E-state index contributed by atoms with van der Waals surface area (Å²) in [6.07, 6.45) is 0.775. The second-order valence-corrected chi connectivity index (χ2v) is 4.36. The molecule has 0 fully saturated rings. The number of rotatable bonds is 3. The monoisotopic (exact) mass is 246 g/mol. The minimum absolute atomic E-state index is 0.260. The van der Waals surface area contributed by atoms with Gasteiger partial charge in [0.15, 0.2) is 0 Å². The summed E-state index contributed by atoms with van der Waals surface area (Å²) in [4.78, 5) is 1.98. The Kier molecular flexibility index (Phi) is 4.40. The van der Waals surface area contributed by atoms with Gasteiger partial charge in [-0.1, -0.05) is 6.08 Å². The predicted octanol–water partition coefficient (Wildman–Crippen LogP) is 2.60. The molecule has 0 radical (unpaired) electrons. The Morgan fingerprint density at radius 1 is 1.35 bits per heavy atom. The summed E-state index contributed by atoms with van der Waals surface area (Å²) in [6.45, 7) is 0.808. The van der Waals surface area contributed by atoms with Crippen molar-refractivity contribution >= 4 is 0 Å². The van der Waals surface area contributed by atoms with E-state index >= 15 is 0 Å². The molecule has 0 amide bonds. The minimum atomic E-state index is -4.33. The first-order valence-electron chi connectivity index (χ1n) is 5.38. The normalized spacial score (nSPS) is 19.5. The van der Waals surface area contributed by atoms with Crippen molar-refractivity contribution in [3.63, 3.8) is 0 Å². The number of nitrogens with zero attached hydrogens (tertiary/aromatic N) is 1. The van der Waals surface area contributed by atoms with E-state index in [9.17, 15) is 13.2 Å². The van der Waals surface area contributed by atoms with Gasteiger partial charge >= 0.3 is 6.18 Å². The van der Waals surface area contributed by atoms with Crippen molar-refractivity contribution in [2.75, 3.05) is 20.6 Å². The average Bonchev–Trinajstić information content (AvgIpc) is 2.14. The van der Waals surface area contributed by atoms with E-state index in [0.717, 1.165) is 19.0 Å². The molecule has 0 aliphatic heterocycles. The first-order valence-corrected chi connectivity index (χ1v) is 5.38. The quantitative estimate of drug-likeness (QED) is 0.829. The third kappa shape index (κ3) is 4.65. The number of nitrogens with two attached hydrogens (primary N) is 1. The van der Waals surface area contributed by atoms with E-state index in [1.54, 1.807) is 0 Å². The van der Waals surface area contributed by atoms with Crippen molar-refractivity contribution in [3.8, 4) is 0 Å². The molecule has 2 N–H and O–H groups in total. The van der Waals surface area contributed by atoms with Crippen LogP contribution in [0.15, 0.2) is 35.1 Å². The molecule has 1 aliphatic rings. The molecule has 0 saturated heterocycles. The van der Waals surface area contributed by atoms with Crippen LogP contribution in [0.5, 0.6) is 0 Å². The first-order chi connectivity index (χ1) is 7.79. The highest BCUT2D eigenvalue weighted by Crippen LogP contribution is 2.32. The van der Waals surface area contributed by atoms with Crippen LogP contribution in [-0.4, -0.2) is 31.7 Å². The van der Waals surface area contributed by atoms with Crippen molar-refractivity contribution in [3.05, 3.63) is 35.1 Å². The zero-order valence-electron chi connectivity index (χ0n) is 10.0. The number of halogens is 3. The number of hydrogen-bond acceptors (Lipinski definition) is 2. The van der Waals surface area contributed by atoms with Crippen LogP contribution in [-0.2, 0) is 0 Å². The Labute approximate surface area is 99.3 Å². The molecule has 2 nitrogen and oxygen atoms in total. The lowest BCUT2D eigenvalue weighted by Gasteiger charge is -2.16. The molecule has 0 atom stereocenters. The molecule has 17 heavy (non-hydrogen) atoms. The van der Waals surface area contributed by atoms with Gasteiger partial charge in [-0.3, -0.25) is 0 Å². The predicted molar refractivity (Wildman–Crippen MR) is 62.3 cm³/mol. The second kappa shape index (κ2) is 5.40. The Hall–Kier alpha value is -1.23. The summed E-state index contributed by atoms with van der Waals surface area (Å²) in [5, 5.41) is 0. The number of hydrogen-bond donors (Lipinski definition) is 1. The summed E-state index contributed by atoms with van der Waals surface area (Å²) in [7, 11) is 3.84. The van der Waals surface area contributed by atoms with E-state index in [0.29, 0.717) is 12.0 Å². The van der Waals surface area contributed by atoms with Gasteiger partial charge in [0.1, 0.15) is 0 Å². The summed E-state index contributed by atoms with van der Waals surface area (Å²) in [5.74, 6) is 0. The zero-order chi connectivity index (χ0) is 13.1. The van der Waals surface area contributed by atoms with Gasteiger partial charge in [0, 0.05) is 18.7 Å². The number of alkyl halides is 3. The lowest BCUT2D eigenvalue weighted by Crippen LogP contribution is -2.16. The van der Waals surface area contributed by atoms with Crippen LogP contribution in [0.3, 0.4) is 0 Å². The number of allylic oxidation sites excluding steroid dienone is 4. The molecule has 0 saturated carbocycles. The highest BCUT2D eigenvalue weighted by Gasteiger charge is 2.33. The van der Waals surface area contributed by atoms with Crippen molar-refractivity contribution in [1.82, 2.24) is 4.90 Å². The van der Waals surface area contributed by atoms with Crippen molar-refractivity contribution in [2.24, 2.45) is 5.73 Å². The van der Waals surface area contributed by atoms with Crippen molar-refractivity contribution < 1.29 is 13.2 Å². The molecular weight excluding hydrogens is 229 g/mol. The summed E-state index contributed by atoms with van der Waals surface area (Å²) >= 11 is 0. The fourth-order valence-electron chi connectivity index (χ4n) is 1.58. The van der Waals surface area contributed by atoms with Crippen LogP contribution in [0.4, 0.5) is 13.2 Å². The van der Waals surface area contributed by atoms with Crippen LogP contribution >= 0.6 is 0 Å². The summed E-state index contributed by atoms with van der Waals surface area (Å²) in [5.41, 5.74) is 5.74. The SMILES string of the molecule is CN(C)CCC=C1C=C(C(F)(F)F)C=C(N)C1. The molecule has 0 aromatic rings. The molecule has 0 heterocycles. The van der Waals surface area contributed by atoms with Gasteiger partial charge in [0.25, 0.3) is 0 Å². The van der Waals surface area contributed by atoms with E-state index < -0.39 is 11.7 Å². The van der Waals surface area contributed by atoms with Gasteiger partial charge < -0.3 is 10.6 Å². The van der Waals surface area contributed by atoms with E-state index in [1.807, 2.05) is 25.1 Å². The highest BCUT2D eigenvalue weighted by molar-refractivity contribution is 5.41. The van der Waals surface area contributed by atoms with E-state index in [4.69, 9.17) is 5.73 Å². The van der Waals surface area contributed by atoms with Crippen LogP contribution in [0.25, 0.3) is 0 Å². The molecule has 0 unspecified atom stereocenters. The molecule has 0 aromatic carbocycles. The lowest BCUT2D eigenvalue weighted by atomic mass is 9.98. The maximum atomic E-state index is 12.5.